The van der Waals surface area contributed by atoms with Crippen LogP contribution in [-0.2, 0) is 17.9 Å². The number of rotatable bonds is 0. The third-order valence-electron chi connectivity index (χ3n) is 6.79. The van der Waals surface area contributed by atoms with Crippen LogP contribution in [0.1, 0.15) is 50.3 Å². The predicted octanol–water partition coefficient (Wildman–Crippen LogP) is 5.60. The first-order valence-electron chi connectivity index (χ1n) is 10.8. The number of nitrogens with zero attached hydrogens (tertiary/aromatic N) is 3. The van der Waals surface area contributed by atoms with Crippen LogP contribution in [0.25, 0.3) is 22.6 Å². The molecule has 4 heterocycles. The van der Waals surface area contributed by atoms with Crippen LogP contribution in [0.5, 0.6) is 0 Å². The van der Waals surface area contributed by atoms with Crippen molar-refractivity contribution in [2.45, 2.75) is 38.5 Å². The standard InChI is InChI=1S/C28H28N3/c1-27(2)20-11-6-10-19(18-20)23-14-9-17-26(31(23)5)28(3,4)25-16-8-13-22(30-25)21-12-7-15-24(27)29-21/h6-18H,1-5H3/q+1. The lowest BCUT2D eigenvalue weighted by Crippen LogP contribution is -2.43. The van der Waals surface area contributed by atoms with Crippen molar-refractivity contribution in [2.24, 2.45) is 7.05 Å². The Morgan fingerprint density at radius 1 is 0.645 bits per heavy atom. The summed E-state index contributed by atoms with van der Waals surface area (Å²) in [5.41, 5.74) is 8.28. The molecule has 0 N–H and O–H groups in total. The summed E-state index contributed by atoms with van der Waals surface area (Å²) in [6.07, 6.45) is 0. The van der Waals surface area contributed by atoms with E-state index in [1.807, 2.05) is 0 Å². The molecule has 0 spiro atoms. The normalized spacial score (nSPS) is 15.8. The minimum atomic E-state index is -0.265. The summed E-state index contributed by atoms with van der Waals surface area (Å²) >= 11 is 0. The molecule has 0 radical (unpaired) electrons. The third kappa shape index (κ3) is 3.07. The lowest BCUT2D eigenvalue weighted by molar-refractivity contribution is -0.671. The lowest BCUT2D eigenvalue weighted by atomic mass is 9.80. The fraction of sp³-hybridized carbons (Fsp3) is 0.250. The van der Waals surface area contributed by atoms with Crippen molar-refractivity contribution in [3.05, 3.63) is 102 Å². The zero-order valence-electron chi connectivity index (χ0n) is 18.8. The molecule has 3 nitrogen and oxygen atoms in total. The zero-order valence-corrected chi connectivity index (χ0v) is 18.8. The Kier molecular flexibility index (Phi) is 4.33. The van der Waals surface area contributed by atoms with E-state index in [2.05, 4.69) is 118 Å². The van der Waals surface area contributed by atoms with Crippen LogP contribution >= 0.6 is 0 Å². The molecule has 154 valence electrons. The van der Waals surface area contributed by atoms with Crippen molar-refractivity contribution in [1.29, 1.82) is 0 Å². The van der Waals surface area contributed by atoms with E-state index in [0.717, 1.165) is 22.8 Å². The maximum Gasteiger partial charge on any atom is 0.212 e. The molecule has 0 aliphatic carbocycles. The first-order valence-corrected chi connectivity index (χ1v) is 10.8. The fourth-order valence-electron chi connectivity index (χ4n) is 4.70. The highest BCUT2D eigenvalue weighted by atomic mass is 15.0. The topological polar surface area (TPSA) is 29.7 Å². The van der Waals surface area contributed by atoms with Gasteiger partial charge in [-0.05, 0) is 61.9 Å². The predicted molar refractivity (Wildman–Crippen MR) is 125 cm³/mol. The summed E-state index contributed by atoms with van der Waals surface area (Å²) in [5, 5.41) is 0. The monoisotopic (exact) mass is 406 g/mol. The molecule has 0 atom stereocenters. The van der Waals surface area contributed by atoms with Crippen molar-refractivity contribution in [1.82, 2.24) is 9.97 Å². The molecule has 0 amide bonds. The largest absolute Gasteiger partial charge is 0.250 e. The Bertz CT molecular complexity index is 1300. The molecule has 0 saturated heterocycles. The minimum absolute atomic E-state index is 0.233. The van der Waals surface area contributed by atoms with E-state index < -0.39 is 0 Å². The van der Waals surface area contributed by atoms with Crippen LogP contribution in [0.2, 0.25) is 0 Å². The van der Waals surface area contributed by atoms with Crippen LogP contribution < -0.4 is 4.57 Å². The van der Waals surface area contributed by atoms with Gasteiger partial charge in [0.2, 0.25) is 5.69 Å². The van der Waals surface area contributed by atoms with E-state index in [9.17, 15) is 0 Å². The molecule has 0 unspecified atom stereocenters. The Hall–Kier alpha value is -3.33. The Morgan fingerprint density at radius 3 is 1.90 bits per heavy atom. The van der Waals surface area contributed by atoms with E-state index in [4.69, 9.17) is 9.97 Å². The quantitative estimate of drug-likeness (QED) is 0.356. The smallest absolute Gasteiger partial charge is 0.212 e. The van der Waals surface area contributed by atoms with Gasteiger partial charge in [-0.25, -0.2) is 0 Å². The highest BCUT2D eigenvalue weighted by Crippen LogP contribution is 2.35. The summed E-state index contributed by atoms with van der Waals surface area (Å²) in [6.45, 7) is 8.97. The van der Waals surface area contributed by atoms with E-state index in [1.54, 1.807) is 0 Å². The van der Waals surface area contributed by atoms with Crippen LogP contribution in [0.15, 0.2) is 78.9 Å². The van der Waals surface area contributed by atoms with Gasteiger partial charge in [0.25, 0.3) is 0 Å². The molecule has 8 bridgehead atoms. The first kappa shape index (κ1) is 19.6. The summed E-state index contributed by atoms with van der Waals surface area (Å²) in [6, 6.07) is 28.0. The number of aromatic nitrogens is 3. The van der Waals surface area contributed by atoms with Gasteiger partial charge in [-0.15, -0.1) is 0 Å². The van der Waals surface area contributed by atoms with Gasteiger partial charge in [-0.1, -0.05) is 38.1 Å². The molecule has 3 heteroatoms. The number of benzene rings is 1. The van der Waals surface area contributed by atoms with Gasteiger partial charge in [0, 0.05) is 23.1 Å². The molecule has 4 aromatic rings. The van der Waals surface area contributed by atoms with Crippen LogP contribution in [0.3, 0.4) is 0 Å². The summed E-state index contributed by atoms with van der Waals surface area (Å²) in [5.74, 6) is 0. The van der Waals surface area contributed by atoms with E-state index in [0.29, 0.717) is 0 Å². The molecular weight excluding hydrogens is 378 g/mol. The van der Waals surface area contributed by atoms with Gasteiger partial charge in [0.15, 0.2) is 5.69 Å². The highest BCUT2D eigenvalue weighted by molar-refractivity contribution is 5.60. The van der Waals surface area contributed by atoms with Crippen molar-refractivity contribution in [3.8, 4) is 22.6 Å². The molecule has 1 aliphatic rings. The highest BCUT2D eigenvalue weighted by Gasteiger charge is 2.35. The van der Waals surface area contributed by atoms with Gasteiger partial charge in [-0.3, -0.25) is 9.97 Å². The van der Waals surface area contributed by atoms with E-state index in [1.165, 1.54) is 22.5 Å². The Labute approximate surface area is 184 Å². The average Bonchev–Trinajstić information content (AvgIpc) is 2.79. The number of hydrogen-bond acceptors (Lipinski definition) is 2. The summed E-state index contributed by atoms with van der Waals surface area (Å²) in [7, 11) is 2.16. The second-order valence-electron chi connectivity index (χ2n) is 9.50. The number of fused-ring (bicyclic) bond motifs is 10. The van der Waals surface area contributed by atoms with Crippen molar-refractivity contribution < 1.29 is 4.57 Å². The maximum absolute atomic E-state index is 5.08. The van der Waals surface area contributed by atoms with Crippen molar-refractivity contribution in [3.63, 3.8) is 0 Å². The van der Waals surface area contributed by atoms with E-state index >= 15 is 0 Å². The molecule has 0 saturated carbocycles. The van der Waals surface area contributed by atoms with Gasteiger partial charge in [-0.2, -0.15) is 4.57 Å². The molecule has 5 rings (SSSR count). The van der Waals surface area contributed by atoms with Gasteiger partial charge in [0.1, 0.15) is 7.05 Å². The summed E-state index contributed by atoms with van der Waals surface area (Å²) < 4.78 is 2.31. The fourth-order valence-corrected chi connectivity index (χ4v) is 4.70. The van der Waals surface area contributed by atoms with Crippen molar-refractivity contribution in [2.75, 3.05) is 0 Å². The lowest BCUT2D eigenvalue weighted by Gasteiger charge is -2.27. The summed E-state index contributed by atoms with van der Waals surface area (Å²) in [4.78, 5) is 10.1. The van der Waals surface area contributed by atoms with Crippen LogP contribution in [0, 0.1) is 0 Å². The number of pyridine rings is 3. The molecule has 3 aromatic heterocycles. The second-order valence-corrected chi connectivity index (χ2v) is 9.50. The second kappa shape index (κ2) is 6.84. The molecule has 31 heavy (non-hydrogen) atoms. The molecular formula is C28H28N3+. The molecule has 1 aromatic carbocycles. The zero-order chi connectivity index (χ0) is 21.8. The molecule has 1 aliphatic heterocycles. The Morgan fingerprint density at radius 2 is 1.23 bits per heavy atom. The SMILES string of the molecule is C[n+]1c2cccc1C(C)(C)c1cccc(n1)-c1cccc(n1)C(C)(C)c1cccc-2c1. The van der Waals surface area contributed by atoms with E-state index in [-0.39, 0.29) is 10.8 Å². The maximum atomic E-state index is 5.08. The van der Waals surface area contributed by atoms with Gasteiger partial charge >= 0.3 is 0 Å². The Balaban J connectivity index is 1.89. The average molecular weight is 407 g/mol. The first-order chi connectivity index (χ1) is 14.8. The minimum Gasteiger partial charge on any atom is -0.250 e. The molecule has 0 fully saturated rings. The van der Waals surface area contributed by atoms with Gasteiger partial charge < -0.3 is 0 Å². The third-order valence-corrected chi connectivity index (χ3v) is 6.79. The number of hydrogen-bond donors (Lipinski definition) is 0. The van der Waals surface area contributed by atoms with Crippen LogP contribution in [-0.4, -0.2) is 9.97 Å². The van der Waals surface area contributed by atoms with Crippen molar-refractivity contribution >= 4 is 0 Å². The van der Waals surface area contributed by atoms with Crippen LogP contribution in [0.4, 0.5) is 0 Å². The van der Waals surface area contributed by atoms with Gasteiger partial charge in [0.05, 0.1) is 28.2 Å².